The van der Waals surface area contributed by atoms with Gasteiger partial charge in [0.15, 0.2) is 5.82 Å². The largest absolute Gasteiger partial charge is 0.368 e. The number of nitrogens with one attached hydrogen (secondary N) is 1. The second-order valence-electron chi connectivity index (χ2n) is 7.58. The van der Waals surface area contributed by atoms with Crippen LogP contribution < -0.4 is 11.1 Å². The highest BCUT2D eigenvalue weighted by Gasteiger charge is 2.24. The molecule has 9 heteroatoms. The van der Waals surface area contributed by atoms with E-state index in [-0.39, 0.29) is 11.9 Å². The van der Waals surface area contributed by atoms with E-state index < -0.39 is 0 Å². The molecule has 1 amide bonds. The quantitative estimate of drug-likeness (QED) is 0.669. The van der Waals surface area contributed by atoms with Gasteiger partial charge in [0.05, 0.1) is 0 Å². The molecule has 0 spiro atoms. The van der Waals surface area contributed by atoms with Crippen molar-refractivity contribution in [3.8, 4) is 5.82 Å². The van der Waals surface area contributed by atoms with Gasteiger partial charge in [-0.1, -0.05) is 6.07 Å². The minimum atomic E-state index is 0.0700. The first kappa shape index (κ1) is 19.8. The van der Waals surface area contributed by atoms with Crippen LogP contribution >= 0.6 is 0 Å². The van der Waals surface area contributed by atoms with E-state index in [1.807, 2.05) is 41.3 Å². The van der Waals surface area contributed by atoms with E-state index in [1.165, 1.54) is 4.68 Å². The maximum Gasteiger partial charge on any atom is 0.253 e. The molecule has 0 unspecified atom stereocenters. The van der Waals surface area contributed by atoms with Crippen LogP contribution in [0.2, 0.25) is 0 Å². The number of hydrogen-bond donors (Lipinski definition) is 2. The van der Waals surface area contributed by atoms with Crippen molar-refractivity contribution in [2.45, 2.75) is 18.9 Å². The SMILES string of the molecule is CN(C)C1CCN(C(=O)c2ccc(Nc3nc(N)n(-c4ccccn4)n3)cc2)CC1. The lowest BCUT2D eigenvalue weighted by molar-refractivity contribution is 0.0663. The molecule has 1 aliphatic heterocycles. The molecule has 3 N–H and O–H groups in total. The third-order valence-corrected chi connectivity index (χ3v) is 5.37. The third kappa shape index (κ3) is 4.25. The summed E-state index contributed by atoms with van der Waals surface area (Å²) in [5.74, 6) is 1.27. The van der Waals surface area contributed by atoms with Crippen molar-refractivity contribution in [2.24, 2.45) is 0 Å². The minimum Gasteiger partial charge on any atom is -0.368 e. The number of rotatable bonds is 5. The maximum atomic E-state index is 12.8. The molecule has 0 radical (unpaired) electrons. The molecule has 156 valence electrons. The van der Waals surface area contributed by atoms with Gasteiger partial charge < -0.3 is 20.9 Å². The fourth-order valence-corrected chi connectivity index (χ4v) is 3.62. The van der Waals surface area contributed by atoms with E-state index in [1.54, 1.807) is 12.3 Å². The number of nitrogens with two attached hydrogens (primary N) is 1. The molecule has 9 nitrogen and oxygen atoms in total. The van der Waals surface area contributed by atoms with Gasteiger partial charge in [-0.15, -0.1) is 5.10 Å². The van der Waals surface area contributed by atoms with E-state index in [2.05, 4.69) is 39.4 Å². The predicted molar refractivity (Wildman–Crippen MR) is 116 cm³/mol. The molecular weight excluding hydrogens is 380 g/mol. The molecule has 2 aromatic heterocycles. The number of aromatic nitrogens is 4. The molecule has 0 saturated carbocycles. The first-order valence-electron chi connectivity index (χ1n) is 9.98. The Morgan fingerprint density at radius 1 is 1.13 bits per heavy atom. The van der Waals surface area contributed by atoms with Gasteiger partial charge in [-0.3, -0.25) is 4.79 Å². The highest BCUT2D eigenvalue weighted by molar-refractivity contribution is 5.94. The fraction of sp³-hybridized carbons (Fsp3) is 0.333. The highest BCUT2D eigenvalue weighted by Crippen LogP contribution is 2.20. The first-order chi connectivity index (χ1) is 14.5. The predicted octanol–water partition coefficient (Wildman–Crippen LogP) is 2.15. The summed E-state index contributed by atoms with van der Waals surface area (Å²) in [5.41, 5.74) is 7.41. The van der Waals surface area contributed by atoms with Crippen LogP contribution in [0.1, 0.15) is 23.2 Å². The van der Waals surface area contributed by atoms with Crippen LogP contribution in [-0.2, 0) is 0 Å². The normalized spacial score (nSPS) is 14.8. The zero-order valence-corrected chi connectivity index (χ0v) is 17.2. The van der Waals surface area contributed by atoms with E-state index in [0.29, 0.717) is 23.4 Å². The van der Waals surface area contributed by atoms with Gasteiger partial charge in [-0.2, -0.15) is 9.67 Å². The van der Waals surface area contributed by atoms with Crippen molar-refractivity contribution in [2.75, 3.05) is 38.2 Å². The van der Waals surface area contributed by atoms with Crippen LogP contribution in [0.5, 0.6) is 0 Å². The van der Waals surface area contributed by atoms with Crippen LogP contribution in [0.3, 0.4) is 0 Å². The molecule has 1 saturated heterocycles. The number of anilines is 3. The second-order valence-corrected chi connectivity index (χ2v) is 7.58. The Hall–Kier alpha value is -3.46. The van der Waals surface area contributed by atoms with Crippen molar-refractivity contribution in [1.29, 1.82) is 0 Å². The van der Waals surface area contributed by atoms with E-state index in [0.717, 1.165) is 31.6 Å². The van der Waals surface area contributed by atoms with E-state index >= 15 is 0 Å². The number of carbonyl (C=O) groups is 1. The van der Waals surface area contributed by atoms with E-state index in [4.69, 9.17) is 5.73 Å². The summed E-state index contributed by atoms with van der Waals surface area (Å²) in [6.45, 7) is 1.58. The maximum absolute atomic E-state index is 12.8. The molecule has 1 fully saturated rings. The van der Waals surface area contributed by atoms with Crippen LogP contribution in [0, 0.1) is 0 Å². The lowest BCUT2D eigenvalue weighted by Crippen LogP contribution is -2.44. The van der Waals surface area contributed by atoms with Crippen molar-refractivity contribution in [3.05, 3.63) is 54.2 Å². The van der Waals surface area contributed by atoms with Crippen molar-refractivity contribution >= 4 is 23.5 Å². The molecule has 3 aromatic rings. The number of nitrogen functional groups attached to an aromatic ring is 1. The molecular formula is C21H26N8O. The summed E-state index contributed by atoms with van der Waals surface area (Å²) < 4.78 is 1.47. The summed E-state index contributed by atoms with van der Waals surface area (Å²) in [6, 6.07) is 13.4. The molecule has 4 rings (SSSR count). The van der Waals surface area contributed by atoms with E-state index in [9.17, 15) is 4.79 Å². The number of piperidine rings is 1. The first-order valence-corrected chi connectivity index (χ1v) is 9.98. The zero-order valence-electron chi connectivity index (χ0n) is 17.2. The molecule has 30 heavy (non-hydrogen) atoms. The van der Waals surface area contributed by atoms with Crippen LogP contribution in [0.25, 0.3) is 5.82 Å². The number of benzene rings is 1. The van der Waals surface area contributed by atoms with Gasteiger partial charge >= 0.3 is 0 Å². The minimum absolute atomic E-state index is 0.0700. The van der Waals surface area contributed by atoms with Crippen LogP contribution in [0.4, 0.5) is 17.6 Å². The topological polar surface area (TPSA) is 105 Å². The Kier molecular flexibility index (Phi) is 5.62. The average molecular weight is 406 g/mol. The third-order valence-electron chi connectivity index (χ3n) is 5.37. The molecule has 0 bridgehead atoms. The molecule has 1 aliphatic rings. The van der Waals surface area contributed by atoms with Gasteiger partial charge in [0, 0.05) is 36.6 Å². The summed E-state index contributed by atoms with van der Waals surface area (Å²) >= 11 is 0. The lowest BCUT2D eigenvalue weighted by atomic mass is 10.0. The summed E-state index contributed by atoms with van der Waals surface area (Å²) in [5, 5.41) is 7.47. The smallest absolute Gasteiger partial charge is 0.253 e. The molecule has 0 aliphatic carbocycles. The van der Waals surface area contributed by atoms with Crippen LogP contribution in [-0.4, -0.2) is 68.7 Å². The number of amides is 1. The summed E-state index contributed by atoms with van der Waals surface area (Å²) in [7, 11) is 4.19. The average Bonchev–Trinajstić information content (AvgIpc) is 3.14. The van der Waals surface area contributed by atoms with Crippen molar-refractivity contribution in [1.82, 2.24) is 29.5 Å². The second kappa shape index (κ2) is 8.50. The lowest BCUT2D eigenvalue weighted by Gasteiger charge is -2.35. The number of carbonyl (C=O) groups excluding carboxylic acids is 1. The monoisotopic (exact) mass is 406 g/mol. The Bertz CT molecular complexity index is 992. The van der Waals surface area contributed by atoms with Crippen LogP contribution in [0.15, 0.2) is 48.7 Å². The fourth-order valence-electron chi connectivity index (χ4n) is 3.62. The number of hydrogen-bond acceptors (Lipinski definition) is 7. The molecule has 1 aromatic carbocycles. The van der Waals surface area contributed by atoms with Gasteiger partial charge in [0.25, 0.3) is 5.91 Å². The molecule has 0 atom stereocenters. The zero-order chi connectivity index (χ0) is 21.1. The Balaban J connectivity index is 1.40. The summed E-state index contributed by atoms with van der Waals surface area (Å²) in [4.78, 5) is 25.4. The van der Waals surface area contributed by atoms with Gasteiger partial charge in [0.2, 0.25) is 11.9 Å². The highest BCUT2D eigenvalue weighted by atomic mass is 16.2. The Morgan fingerprint density at radius 3 is 2.50 bits per heavy atom. The number of nitrogens with zero attached hydrogens (tertiary/aromatic N) is 6. The number of likely N-dealkylation sites (tertiary alicyclic amines) is 1. The summed E-state index contributed by atoms with van der Waals surface area (Å²) in [6.07, 6.45) is 3.68. The number of pyridine rings is 1. The molecule has 3 heterocycles. The van der Waals surface area contributed by atoms with Gasteiger partial charge in [-0.05, 0) is 63.3 Å². The Morgan fingerprint density at radius 2 is 1.87 bits per heavy atom. The Labute approximate surface area is 175 Å². The standard InChI is InChI=1S/C21H26N8O/c1-27(2)17-10-13-28(14-11-17)19(30)15-6-8-16(9-7-15)24-21-25-20(22)29(26-21)18-5-3-4-12-23-18/h3-9,12,17H,10-11,13-14H2,1-2H3,(H3,22,24,25,26). The van der Waals surface area contributed by atoms with Gasteiger partial charge in [0.1, 0.15) is 0 Å². The van der Waals surface area contributed by atoms with Gasteiger partial charge in [-0.25, -0.2) is 4.98 Å². The van der Waals surface area contributed by atoms with Crippen molar-refractivity contribution < 1.29 is 4.79 Å². The van der Waals surface area contributed by atoms with Crippen molar-refractivity contribution in [3.63, 3.8) is 0 Å².